The van der Waals surface area contributed by atoms with Gasteiger partial charge in [-0.15, -0.1) is 0 Å². The molecule has 1 heterocycles. The molecule has 5 nitrogen and oxygen atoms in total. The largest absolute Gasteiger partial charge is 0.514 e. The van der Waals surface area contributed by atoms with E-state index in [-0.39, 0.29) is 12.0 Å². The summed E-state index contributed by atoms with van der Waals surface area (Å²) in [6.07, 6.45) is 4.88. The van der Waals surface area contributed by atoms with Gasteiger partial charge in [0.15, 0.2) is 8.32 Å². The fraction of sp³-hybridized carbons (Fsp3) is 0.630. The lowest BCUT2D eigenvalue weighted by atomic mass is 9.98. The van der Waals surface area contributed by atoms with Crippen LogP contribution in [0, 0.1) is 0 Å². The molecule has 1 aliphatic rings. The lowest BCUT2D eigenvalue weighted by molar-refractivity contribution is -0.130. The second kappa shape index (κ2) is 13.3. The Morgan fingerprint density at radius 3 is 2.21 bits per heavy atom. The number of benzene rings is 1. The topological polar surface area (TPSA) is 48.0 Å². The van der Waals surface area contributed by atoms with Crippen molar-refractivity contribution in [3.05, 3.63) is 53.1 Å². The average molecular weight is 504 g/mol. The molecule has 0 aliphatic carbocycles. The maximum absolute atomic E-state index is 12.9. The number of hydrogen-bond donors (Lipinski definition) is 0. The molecule has 34 heavy (non-hydrogen) atoms. The van der Waals surface area contributed by atoms with Crippen LogP contribution in [0.4, 0.5) is 0 Å². The van der Waals surface area contributed by atoms with Crippen LogP contribution in [0.5, 0.6) is 0 Å². The quantitative estimate of drug-likeness (QED) is 0.175. The molecular formula is C27H45NO4Si2. The van der Waals surface area contributed by atoms with Crippen LogP contribution in [-0.4, -0.2) is 53.2 Å². The molecule has 1 unspecified atom stereocenters. The number of hydrogen-bond acceptors (Lipinski definition) is 4. The van der Waals surface area contributed by atoms with Crippen molar-refractivity contribution >= 4 is 22.5 Å². The molecule has 2 rings (SSSR count). The fourth-order valence-corrected chi connectivity index (χ4v) is 5.75. The molecule has 0 spiro atoms. The molecule has 1 fully saturated rings. The number of likely N-dealkylation sites (tertiary alicyclic amines) is 1. The van der Waals surface area contributed by atoms with E-state index < -0.39 is 16.6 Å². The first-order valence-electron chi connectivity index (χ1n) is 12.8. The predicted molar refractivity (Wildman–Crippen MR) is 145 cm³/mol. The monoisotopic (exact) mass is 503 g/mol. The molecule has 0 saturated carbocycles. The van der Waals surface area contributed by atoms with Crippen LogP contribution in [-0.2, 0) is 24.8 Å². The van der Waals surface area contributed by atoms with Crippen molar-refractivity contribution in [3.8, 4) is 0 Å². The summed E-state index contributed by atoms with van der Waals surface area (Å²) in [5.41, 5.74) is 5.73. The summed E-state index contributed by atoms with van der Waals surface area (Å²) >= 11 is 0. The van der Waals surface area contributed by atoms with Gasteiger partial charge in [0, 0.05) is 25.1 Å². The van der Waals surface area contributed by atoms with E-state index in [9.17, 15) is 4.79 Å². The fourth-order valence-electron chi connectivity index (χ4n) is 3.98. The number of aryl methyl sites for hydroxylation is 1. The standard InChI is InChI=1S/C27H45NO4Si2/c1-8-30-27(32-34(5,6)7)22-24(17-19-26(29)28-20-12-13-21-28)25(31-33(2,3)4)18-16-23-14-10-9-11-15-23/h9-11,14-15,25H,8,12-13,16-21H2,1-7H3. The van der Waals surface area contributed by atoms with E-state index in [1.165, 1.54) is 5.56 Å². The Morgan fingerprint density at radius 1 is 1.00 bits per heavy atom. The van der Waals surface area contributed by atoms with Crippen LogP contribution in [0.15, 0.2) is 47.6 Å². The van der Waals surface area contributed by atoms with E-state index in [0.29, 0.717) is 25.4 Å². The molecule has 0 aromatic heterocycles. The molecule has 1 amide bonds. The van der Waals surface area contributed by atoms with Crippen LogP contribution in [0.1, 0.15) is 44.6 Å². The SMILES string of the molecule is CCOC(=C=C(CCC(=O)N1CCCC1)C(CCc1ccccc1)O[Si](C)(C)C)O[Si](C)(C)C. The maximum atomic E-state index is 12.9. The van der Waals surface area contributed by atoms with Crippen LogP contribution in [0.3, 0.4) is 0 Å². The number of carbonyl (C=O) groups excluding carboxylic acids is 1. The van der Waals surface area contributed by atoms with E-state index in [1.54, 1.807) is 0 Å². The van der Waals surface area contributed by atoms with Crippen LogP contribution in [0.2, 0.25) is 39.3 Å². The average Bonchev–Trinajstić information content (AvgIpc) is 3.28. The van der Waals surface area contributed by atoms with Crippen molar-refractivity contribution in [1.29, 1.82) is 0 Å². The zero-order valence-electron chi connectivity index (χ0n) is 22.4. The number of nitrogens with zero attached hydrogens (tertiary/aromatic N) is 1. The molecular weight excluding hydrogens is 458 g/mol. The van der Waals surface area contributed by atoms with Crippen molar-refractivity contribution in [2.75, 3.05) is 19.7 Å². The van der Waals surface area contributed by atoms with Gasteiger partial charge in [0.05, 0.1) is 12.7 Å². The Bertz CT molecular complexity index is 830. The highest BCUT2D eigenvalue weighted by Crippen LogP contribution is 2.25. The normalized spacial score (nSPS) is 15.0. The highest BCUT2D eigenvalue weighted by Gasteiger charge is 2.27. The minimum absolute atomic E-state index is 0.126. The first kappa shape index (κ1) is 28.4. The summed E-state index contributed by atoms with van der Waals surface area (Å²) in [6.45, 7) is 17.2. The maximum Gasteiger partial charge on any atom is 0.313 e. The number of carbonyl (C=O) groups is 1. The Morgan fingerprint density at radius 2 is 1.65 bits per heavy atom. The van der Waals surface area contributed by atoms with Crippen LogP contribution < -0.4 is 0 Å². The van der Waals surface area contributed by atoms with E-state index >= 15 is 0 Å². The number of rotatable bonds is 13. The van der Waals surface area contributed by atoms with E-state index in [4.69, 9.17) is 13.6 Å². The molecule has 7 heteroatoms. The van der Waals surface area contributed by atoms with Gasteiger partial charge in [-0.05, 0) is 89.6 Å². The molecule has 1 aromatic carbocycles. The third kappa shape index (κ3) is 11.1. The highest BCUT2D eigenvalue weighted by molar-refractivity contribution is 6.70. The van der Waals surface area contributed by atoms with Crippen molar-refractivity contribution in [2.24, 2.45) is 0 Å². The summed E-state index contributed by atoms with van der Waals surface area (Å²) in [6, 6.07) is 10.5. The van der Waals surface area contributed by atoms with Crippen molar-refractivity contribution in [2.45, 2.75) is 90.8 Å². The molecule has 1 saturated heterocycles. The minimum atomic E-state index is -1.89. The van der Waals surface area contributed by atoms with Crippen LogP contribution >= 0.6 is 0 Å². The van der Waals surface area contributed by atoms with Gasteiger partial charge in [0.2, 0.25) is 14.2 Å². The third-order valence-electron chi connectivity index (χ3n) is 5.43. The molecule has 0 radical (unpaired) electrons. The lowest BCUT2D eigenvalue weighted by Crippen LogP contribution is -2.34. The zero-order valence-corrected chi connectivity index (χ0v) is 24.4. The van der Waals surface area contributed by atoms with Gasteiger partial charge in [-0.1, -0.05) is 30.3 Å². The summed E-state index contributed by atoms with van der Waals surface area (Å²) in [4.78, 5) is 14.9. The Labute approximate surface area is 209 Å². The smallest absolute Gasteiger partial charge is 0.313 e. The second-order valence-corrected chi connectivity index (χ2v) is 19.8. The first-order chi connectivity index (χ1) is 16.0. The van der Waals surface area contributed by atoms with Crippen molar-refractivity contribution < 1.29 is 18.4 Å². The van der Waals surface area contributed by atoms with Crippen LogP contribution in [0.25, 0.3) is 0 Å². The van der Waals surface area contributed by atoms with Gasteiger partial charge in [0.25, 0.3) is 0 Å². The molecule has 1 aromatic rings. The van der Waals surface area contributed by atoms with Gasteiger partial charge >= 0.3 is 5.95 Å². The number of amides is 1. The summed E-state index contributed by atoms with van der Waals surface area (Å²) in [5.74, 6) is 0.657. The number of ether oxygens (including phenoxy) is 1. The zero-order chi connectivity index (χ0) is 25.2. The van der Waals surface area contributed by atoms with E-state index in [2.05, 4.69) is 69.3 Å². The molecule has 1 aliphatic heterocycles. The first-order valence-corrected chi connectivity index (χ1v) is 19.6. The summed E-state index contributed by atoms with van der Waals surface area (Å²) in [5, 5.41) is 0. The van der Waals surface area contributed by atoms with E-state index in [1.807, 2.05) is 17.9 Å². The Kier molecular flexibility index (Phi) is 11.2. The predicted octanol–water partition coefficient (Wildman–Crippen LogP) is 6.50. The van der Waals surface area contributed by atoms with Gasteiger partial charge in [-0.25, -0.2) is 0 Å². The Hall–Kier alpha value is -1.80. The van der Waals surface area contributed by atoms with Gasteiger partial charge in [-0.2, -0.15) is 0 Å². The third-order valence-corrected chi connectivity index (χ3v) is 7.22. The highest BCUT2D eigenvalue weighted by atomic mass is 28.4. The second-order valence-electron chi connectivity index (χ2n) is 10.9. The molecule has 1 atom stereocenters. The lowest BCUT2D eigenvalue weighted by Gasteiger charge is -2.28. The van der Waals surface area contributed by atoms with Gasteiger partial charge in [0.1, 0.15) is 0 Å². The molecule has 0 bridgehead atoms. The van der Waals surface area contributed by atoms with E-state index in [0.717, 1.165) is 44.3 Å². The van der Waals surface area contributed by atoms with Gasteiger partial charge in [-0.3, -0.25) is 4.79 Å². The minimum Gasteiger partial charge on any atom is -0.514 e. The Balaban J connectivity index is 2.38. The summed E-state index contributed by atoms with van der Waals surface area (Å²) < 4.78 is 18.8. The van der Waals surface area contributed by atoms with Crippen molar-refractivity contribution in [3.63, 3.8) is 0 Å². The van der Waals surface area contributed by atoms with Gasteiger partial charge < -0.3 is 18.5 Å². The molecule has 190 valence electrons. The van der Waals surface area contributed by atoms with Crippen molar-refractivity contribution in [1.82, 2.24) is 4.90 Å². The summed E-state index contributed by atoms with van der Waals surface area (Å²) in [7, 11) is -3.75. The molecule has 0 N–H and O–H groups in total.